The maximum atomic E-state index is 13.6. The first-order chi connectivity index (χ1) is 26.2. The van der Waals surface area contributed by atoms with Gasteiger partial charge in [-0.15, -0.1) is 0 Å². The maximum absolute atomic E-state index is 13.6. The number of hydrogen-bond acceptors (Lipinski definition) is 6. The van der Waals surface area contributed by atoms with Crippen LogP contribution in [0.3, 0.4) is 0 Å². The average molecular weight is 703 g/mol. The first-order valence-electron chi connectivity index (χ1n) is 17.3. The summed E-state index contributed by atoms with van der Waals surface area (Å²) >= 11 is 0. The van der Waals surface area contributed by atoms with E-state index in [0.717, 1.165) is 44.5 Å². The van der Waals surface area contributed by atoms with Crippen molar-refractivity contribution in [3.05, 3.63) is 180 Å². The summed E-state index contributed by atoms with van der Waals surface area (Å²) in [5.74, 6) is -1.45. The number of fused-ring (bicyclic) bond motifs is 2. The molecule has 4 N–H and O–H groups in total. The first kappa shape index (κ1) is 32.3. The van der Waals surface area contributed by atoms with Gasteiger partial charge in [0.1, 0.15) is 0 Å². The number of carbonyl (C=O) groups excluding carboxylic acids is 4. The standard InChI is InChI=1S/C46H30N4O4/c47-35-16-8-30(9-17-35)33-14-22-39-41(25-33)45(53)49(43(39)51)37-20-12-28(13-21-37)27-4-6-29(7-5-27)32-2-1-3-38(24-32)50-44(52)40-23-15-34(26-42(40)46(50)54)31-10-18-36(48)19-11-31/h1-26H,47-48H2. The molecular formula is C46H30N4O4. The molecule has 2 aliphatic rings. The van der Waals surface area contributed by atoms with E-state index in [9.17, 15) is 19.2 Å². The van der Waals surface area contributed by atoms with Crippen LogP contribution in [0.4, 0.5) is 22.7 Å². The minimum atomic E-state index is -0.368. The third-order valence-electron chi connectivity index (χ3n) is 10.0. The van der Waals surface area contributed by atoms with Gasteiger partial charge in [-0.3, -0.25) is 19.2 Å². The highest BCUT2D eigenvalue weighted by molar-refractivity contribution is 6.35. The van der Waals surface area contributed by atoms with E-state index in [1.807, 2.05) is 91.0 Å². The van der Waals surface area contributed by atoms with Crippen molar-refractivity contribution in [3.63, 3.8) is 0 Å². The Balaban J connectivity index is 0.921. The molecule has 4 amide bonds. The summed E-state index contributed by atoms with van der Waals surface area (Å²) in [5, 5.41) is 0. The zero-order valence-electron chi connectivity index (χ0n) is 28.7. The molecule has 0 fully saturated rings. The van der Waals surface area contributed by atoms with Crippen molar-refractivity contribution in [1.82, 2.24) is 0 Å². The second-order valence-corrected chi connectivity index (χ2v) is 13.3. The van der Waals surface area contributed by atoms with Gasteiger partial charge >= 0.3 is 0 Å². The molecule has 2 aliphatic heterocycles. The number of anilines is 4. The minimum absolute atomic E-state index is 0.359. The molecular weight excluding hydrogens is 673 g/mol. The number of nitrogens with two attached hydrogens (primary N) is 2. The van der Waals surface area contributed by atoms with Crippen molar-refractivity contribution in [2.24, 2.45) is 0 Å². The predicted molar refractivity (Wildman–Crippen MR) is 212 cm³/mol. The highest BCUT2D eigenvalue weighted by Crippen LogP contribution is 2.36. The van der Waals surface area contributed by atoms with E-state index >= 15 is 0 Å². The smallest absolute Gasteiger partial charge is 0.266 e. The van der Waals surface area contributed by atoms with Gasteiger partial charge in [-0.05, 0) is 117 Å². The molecule has 0 bridgehead atoms. The summed E-state index contributed by atoms with van der Waals surface area (Å²) in [5.41, 5.74) is 22.5. The largest absolute Gasteiger partial charge is 0.399 e. The highest BCUT2D eigenvalue weighted by atomic mass is 16.2. The Morgan fingerprint density at radius 3 is 1.09 bits per heavy atom. The van der Waals surface area contributed by atoms with Crippen molar-refractivity contribution in [3.8, 4) is 44.5 Å². The molecule has 0 saturated carbocycles. The van der Waals surface area contributed by atoms with Crippen molar-refractivity contribution in [1.29, 1.82) is 0 Å². The molecule has 8 heteroatoms. The zero-order chi connectivity index (χ0) is 37.1. The van der Waals surface area contributed by atoms with Crippen molar-refractivity contribution in [2.45, 2.75) is 0 Å². The van der Waals surface area contributed by atoms with E-state index in [-0.39, 0.29) is 23.6 Å². The van der Waals surface area contributed by atoms with Crippen LogP contribution < -0.4 is 21.3 Å². The lowest BCUT2D eigenvalue weighted by atomic mass is 9.99. The van der Waals surface area contributed by atoms with Gasteiger partial charge in [0.2, 0.25) is 0 Å². The highest BCUT2D eigenvalue weighted by Gasteiger charge is 2.38. The predicted octanol–water partition coefficient (Wildman–Crippen LogP) is 9.12. The van der Waals surface area contributed by atoms with E-state index in [1.165, 1.54) is 9.80 Å². The Morgan fingerprint density at radius 2 is 0.630 bits per heavy atom. The van der Waals surface area contributed by atoms with Crippen LogP contribution in [0.5, 0.6) is 0 Å². The molecule has 2 heterocycles. The summed E-state index contributed by atoms with van der Waals surface area (Å²) in [4.78, 5) is 56.4. The van der Waals surface area contributed by atoms with Crippen LogP contribution in [0.1, 0.15) is 41.4 Å². The fraction of sp³-hybridized carbons (Fsp3) is 0. The number of rotatable bonds is 6. The molecule has 0 spiro atoms. The van der Waals surface area contributed by atoms with Crippen molar-refractivity contribution >= 4 is 46.4 Å². The van der Waals surface area contributed by atoms with Gasteiger partial charge in [-0.25, -0.2) is 9.80 Å². The molecule has 9 rings (SSSR count). The van der Waals surface area contributed by atoms with Crippen molar-refractivity contribution < 1.29 is 19.2 Å². The molecule has 0 aliphatic carbocycles. The number of hydrogen-bond donors (Lipinski definition) is 2. The van der Waals surface area contributed by atoms with Crippen LogP contribution >= 0.6 is 0 Å². The summed E-state index contributed by atoms with van der Waals surface area (Å²) < 4.78 is 0. The Bertz CT molecular complexity index is 2680. The van der Waals surface area contributed by atoms with Gasteiger partial charge in [-0.2, -0.15) is 0 Å². The second-order valence-electron chi connectivity index (χ2n) is 13.3. The number of nitrogens with zero attached hydrogens (tertiary/aromatic N) is 2. The van der Waals surface area contributed by atoms with E-state index in [2.05, 4.69) is 0 Å². The van der Waals surface area contributed by atoms with Gasteiger partial charge in [0, 0.05) is 11.4 Å². The Hall–Kier alpha value is -7.58. The van der Waals surface area contributed by atoms with Crippen LogP contribution in [0.15, 0.2) is 158 Å². The van der Waals surface area contributed by atoms with Gasteiger partial charge in [0.15, 0.2) is 0 Å². The quantitative estimate of drug-likeness (QED) is 0.132. The van der Waals surface area contributed by atoms with Crippen LogP contribution in [-0.4, -0.2) is 23.6 Å². The number of nitrogen functional groups attached to an aromatic ring is 2. The van der Waals surface area contributed by atoms with Crippen LogP contribution in [0.25, 0.3) is 44.5 Å². The van der Waals surface area contributed by atoms with E-state index in [4.69, 9.17) is 11.5 Å². The Labute approximate surface area is 310 Å². The minimum Gasteiger partial charge on any atom is -0.399 e. The molecule has 7 aromatic rings. The molecule has 7 aromatic carbocycles. The van der Waals surface area contributed by atoms with Gasteiger partial charge < -0.3 is 11.5 Å². The topological polar surface area (TPSA) is 127 Å². The lowest BCUT2D eigenvalue weighted by Gasteiger charge is -2.15. The Kier molecular flexibility index (Phi) is 7.53. The SMILES string of the molecule is Nc1ccc(-c2ccc3c(c2)C(=O)N(c2ccc(-c4ccc(-c5cccc(N6C(=O)c7ccc(-c8ccc(N)cc8)cc7C6=O)c5)cc4)cc2)C3=O)cc1. The third kappa shape index (κ3) is 5.41. The number of imide groups is 2. The van der Waals surface area contributed by atoms with Crippen LogP contribution in [-0.2, 0) is 0 Å². The second kappa shape index (κ2) is 12.6. The molecule has 54 heavy (non-hydrogen) atoms. The lowest BCUT2D eigenvalue weighted by Crippen LogP contribution is -2.29. The molecule has 0 unspecified atom stereocenters. The number of benzene rings is 7. The van der Waals surface area contributed by atoms with E-state index in [1.54, 1.807) is 66.7 Å². The Morgan fingerprint density at radius 1 is 0.296 bits per heavy atom. The summed E-state index contributed by atoms with van der Waals surface area (Å²) in [6, 6.07) is 48.0. The maximum Gasteiger partial charge on any atom is 0.266 e. The fourth-order valence-corrected chi connectivity index (χ4v) is 7.14. The molecule has 258 valence electrons. The monoisotopic (exact) mass is 702 g/mol. The molecule has 8 nitrogen and oxygen atoms in total. The van der Waals surface area contributed by atoms with E-state index in [0.29, 0.717) is 45.0 Å². The number of carbonyl (C=O) groups is 4. The molecule has 0 saturated heterocycles. The van der Waals surface area contributed by atoms with Gasteiger partial charge in [-0.1, -0.05) is 84.9 Å². The zero-order valence-corrected chi connectivity index (χ0v) is 28.7. The summed E-state index contributed by atoms with van der Waals surface area (Å²) in [6.45, 7) is 0. The van der Waals surface area contributed by atoms with E-state index < -0.39 is 0 Å². The summed E-state index contributed by atoms with van der Waals surface area (Å²) in [7, 11) is 0. The third-order valence-corrected chi connectivity index (χ3v) is 10.0. The normalized spacial score (nSPS) is 13.4. The summed E-state index contributed by atoms with van der Waals surface area (Å²) in [6.07, 6.45) is 0. The molecule has 0 radical (unpaired) electrons. The van der Waals surface area contributed by atoms with Gasteiger partial charge in [0.25, 0.3) is 23.6 Å². The molecule has 0 aromatic heterocycles. The average Bonchev–Trinajstić information content (AvgIpc) is 3.61. The van der Waals surface area contributed by atoms with Gasteiger partial charge in [0.05, 0.1) is 33.6 Å². The fourth-order valence-electron chi connectivity index (χ4n) is 7.14. The lowest BCUT2D eigenvalue weighted by molar-refractivity contribution is 0.0910. The van der Waals surface area contributed by atoms with Crippen molar-refractivity contribution in [2.75, 3.05) is 21.3 Å². The van der Waals surface area contributed by atoms with Crippen LogP contribution in [0.2, 0.25) is 0 Å². The first-order valence-corrected chi connectivity index (χ1v) is 17.3. The van der Waals surface area contributed by atoms with Crippen LogP contribution in [0, 0.1) is 0 Å². The molecule has 0 atom stereocenters. The number of amides is 4.